The van der Waals surface area contributed by atoms with Crippen molar-refractivity contribution in [2.45, 2.75) is 6.92 Å². The molecule has 0 aliphatic carbocycles. The number of carbonyl (C=O) groups is 1. The summed E-state index contributed by atoms with van der Waals surface area (Å²) in [5, 5.41) is -0.440. The Kier molecular flexibility index (Phi) is 4.97. The minimum Gasteiger partial charge on any atom is -0.490 e. The highest BCUT2D eigenvalue weighted by Crippen LogP contribution is 2.23. The van der Waals surface area contributed by atoms with Gasteiger partial charge in [0.05, 0.1) is 0 Å². The van der Waals surface area contributed by atoms with E-state index in [1.54, 1.807) is 12.1 Å². The molecule has 0 fully saturated rings. The van der Waals surface area contributed by atoms with Crippen LogP contribution >= 0.6 is 11.6 Å². The zero-order valence-electron chi connectivity index (χ0n) is 11.2. The summed E-state index contributed by atoms with van der Waals surface area (Å²) in [6.45, 7) is 2.53. The van der Waals surface area contributed by atoms with Gasteiger partial charge < -0.3 is 4.74 Å². The maximum atomic E-state index is 11.0. The summed E-state index contributed by atoms with van der Waals surface area (Å²) in [5.74, 6) is 0.833. The number of halogens is 1. The molecule has 102 valence electrons. The molecular weight excluding hydrogens is 272 g/mol. The molecule has 0 spiro atoms. The summed E-state index contributed by atoms with van der Waals surface area (Å²) in [7, 11) is 0. The minimum absolute atomic E-state index is 0.440. The summed E-state index contributed by atoms with van der Waals surface area (Å²) in [5.41, 5.74) is 2.60. The third kappa shape index (κ3) is 3.72. The molecule has 0 bridgehead atoms. The number of benzene rings is 2. The lowest BCUT2D eigenvalue weighted by Gasteiger charge is -2.06. The quantitative estimate of drug-likeness (QED) is 0.589. The van der Waals surface area contributed by atoms with Crippen molar-refractivity contribution in [3.63, 3.8) is 0 Å². The van der Waals surface area contributed by atoms with E-state index < -0.39 is 5.24 Å². The number of carbonyl (C=O) groups excluding carboxylic acids is 1. The summed E-state index contributed by atoms with van der Waals surface area (Å²) in [6, 6.07) is 15.0. The maximum absolute atomic E-state index is 11.0. The van der Waals surface area contributed by atoms with Crippen LogP contribution in [0.4, 0.5) is 0 Å². The molecule has 0 aliphatic rings. The Morgan fingerprint density at radius 3 is 2.10 bits per heavy atom. The first-order valence-electron chi connectivity index (χ1n) is 6.35. The van der Waals surface area contributed by atoms with Crippen LogP contribution in [0.1, 0.15) is 17.3 Å². The summed E-state index contributed by atoms with van der Waals surface area (Å²) >= 11 is 5.42. The SMILES string of the molecule is C/C=C/COc1ccc(-c2ccc(C(=O)Cl)cc2)cc1. The Labute approximate surface area is 123 Å². The van der Waals surface area contributed by atoms with E-state index in [9.17, 15) is 4.79 Å². The number of ether oxygens (including phenoxy) is 1. The molecule has 3 heteroatoms. The first-order chi connectivity index (χ1) is 9.70. The molecule has 0 saturated heterocycles. The van der Waals surface area contributed by atoms with Crippen molar-refractivity contribution in [1.82, 2.24) is 0 Å². The van der Waals surface area contributed by atoms with Gasteiger partial charge in [0.1, 0.15) is 12.4 Å². The van der Waals surface area contributed by atoms with Gasteiger partial charge in [-0.05, 0) is 53.9 Å². The molecule has 0 atom stereocenters. The third-order valence-corrected chi connectivity index (χ3v) is 3.10. The Hall–Kier alpha value is -2.06. The average Bonchev–Trinajstić information content (AvgIpc) is 2.48. The smallest absolute Gasteiger partial charge is 0.252 e. The average molecular weight is 287 g/mol. The Bertz CT molecular complexity index is 598. The lowest BCUT2D eigenvalue weighted by molar-refractivity contribution is 0.108. The molecule has 20 heavy (non-hydrogen) atoms. The Balaban J connectivity index is 2.11. The standard InChI is InChI=1S/C17H15ClO2/c1-2-3-12-20-16-10-8-14(9-11-16)13-4-6-15(7-5-13)17(18)19/h2-11H,12H2,1H3/b3-2+. The molecule has 2 rings (SSSR count). The Morgan fingerprint density at radius 2 is 1.60 bits per heavy atom. The summed E-state index contributed by atoms with van der Waals surface area (Å²) in [4.78, 5) is 11.0. The lowest BCUT2D eigenvalue weighted by atomic mass is 10.0. The number of rotatable bonds is 5. The van der Waals surface area contributed by atoms with E-state index in [1.165, 1.54) is 0 Å². The van der Waals surface area contributed by atoms with Crippen LogP contribution in [0.25, 0.3) is 11.1 Å². The van der Waals surface area contributed by atoms with E-state index >= 15 is 0 Å². The number of allylic oxidation sites excluding steroid dienone is 1. The van der Waals surface area contributed by atoms with E-state index in [4.69, 9.17) is 16.3 Å². The van der Waals surface area contributed by atoms with Crippen molar-refractivity contribution in [3.05, 3.63) is 66.2 Å². The van der Waals surface area contributed by atoms with E-state index in [-0.39, 0.29) is 0 Å². The molecular formula is C17H15ClO2. The molecule has 2 aromatic carbocycles. The fourth-order valence-corrected chi connectivity index (χ4v) is 1.90. The van der Waals surface area contributed by atoms with Crippen LogP contribution < -0.4 is 4.74 Å². The van der Waals surface area contributed by atoms with E-state index in [2.05, 4.69) is 0 Å². The fourth-order valence-electron chi connectivity index (χ4n) is 1.78. The van der Waals surface area contributed by atoms with Gasteiger partial charge in [0.2, 0.25) is 0 Å². The highest BCUT2D eigenvalue weighted by Gasteiger charge is 2.02. The van der Waals surface area contributed by atoms with Crippen LogP contribution in [0, 0.1) is 0 Å². The van der Waals surface area contributed by atoms with Crippen molar-refractivity contribution in [2.75, 3.05) is 6.61 Å². The number of hydrogen-bond donors (Lipinski definition) is 0. The molecule has 0 N–H and O–H groups in total. The molecule has 0 amide bonds. The topological polar surface area (TPSA) is 26.3 Å². The van der Waals surface area contributed by atoms with E-state index in [1.807, 2.05) is 55.5 Å². The molecule has 0 saturated carbocycles. The third-order valence-electron chi connectivity index (χ3n) is 2.88. The molecule has 0 unspecified atom stereocenters. The van der Waals surface area contributed by atoms with Gasteiger partial charge in [-0.25, -0.2) is 0 Å². The van der Waals surface area contributed by atoms with Gasteiger partial charge in [-0.3, -0.25) is 4.79 Å². The zero-order valence-corrected chi connectivity index (χ0v) is 11.9. The van der Waals surface area contributed by atoms with Gasteiger partial charge in [-0.1, -0.05) is 36.4 Å². The molecule has 0 heterocycles. The highest BCUT2D eigenvalue weighted by molar-refractivity contribution is 6.67. The first kappa shape index (κ1) is 14.4. The predicted molar refractivity (Wildman–Crippen MR) is 82.4 cm³/mol. The van der Waals surface area contributed by atoms with Crippen LogP contribution in [-0.2, 0) is 0 Å². The molecule has 0 aliphatic heterocycles. The van der Waals surface area contributed by atoms with Gasteiger partial charge >= 0.3 is 0 Å². The van der Waals surface area contributed by atoms with Crippen LogP contribution in [0.2, 0.25) is 0 Å². The van der Waals surface area contributed by atoms with Crippen molar-refractivity contribution >= 4 is 16.8 Å². The summed E-state index contributed by atoms with van der Waals surface area (Å²) in [6.07, 6.45) is 3.91. The van der Waals surface area contributed by atoms with Crippen LogP contribution in [0.5, 0.6) is 5.75 Å². The van der Waals surface area contributed by atoms with Crippen molar-refractivity contribution in [1.29, 1.82) is 0 Å². The first-order valence-corrected chi connectivity index (χ1v) is 6.73. The molecule has 0 aromatic heterocycles. The second kappa shape index (κ2) is 6.92. The van der Waals surface area contributed by atoms with Gasteiger partial charge in [0, 0.05) is 5.56 Å². The second-order valence-electron chi connectivity index (χ2n) is 4.26. The van der Waals surface area contributed by atoms with E-state index in [0.29, 0.717) is 12.2 Å². The van der Waals surface area contributed by atoms with Crippen LogP contribution in [0.15, 0.2) is 60.7 Å². The van der Waals surface area contributed by atoms with Crippen molar-refractivity contribution in [3.8, 4) is 16.9 Å². The van der Waals surface area contributed by atoms with Crippen LogP contribution in [-0.4, -0.2) is 11.8 Å². The lowest BCUT2D eigenvalue weighted by Crippen LogP contribution is -1.92. The number of hydrogen-bond acceptors (Lipinski definition) is 2. The van der Waals surface area contributed by atoms with Crippen molar-refractivity contribution < 1.29 is 9.53 Å². The normalized spacial score (nSPS) is 10.7. The molecule has 2 aromatic rings. The Morgan fingerprint density at radius 1 is 1.05 bits per heavy atom. The van der Waals surface area contributed by atoms with Gasteiger partial charge in [-0.2, -0.15) is 0 Å². The maximum Gasteiger partial charge on any atom is 0.252 e. The largest absolute Gasteiger partial charge is 0.490 e. The molecule has 0 radical (unpaired) electrons. The van der Waals surface area contributed by atoms with Crippen LogP contribution in [0.3, 0.4) is 0 Å². The molecule has 2 nitrogen and oxygen atoms in total. The zero-order chi connectivity index (χ0) is 14.4. The van der Waals surface area contributed by atoms with Crippen molar-refractivity contribution in [2.24, 2.45) is 0 Å². The van der Waals surface area contributed by atoms with Gasteiger partial charge in [0.25, 0.3) is 5.24 Å². The highest BCUT2D eigenvalue weighted by atomic mass is 35.5. The fraction of sp³-hybridized carbons (Fsp3) is 0.118. The summed E-state index contributed by atoms with van der Waals surface area (Å²) < 4.78 is 5.54. The van der Waals surface area contributed by atoms with Gasteiger partial charge in [-0.15, -0.1) is 0 Å². The predicted octanol–water partition coefficient (Wildman–Crippen LogP) is 4.69. The van der Waals surface area contributed by atoms with Gasteiger partial charge in [0.15, 0.2) is 0 Å². The second-order valence-corrected chi connectivity index (χ2v) is 4.60. The van der Waals surface area contributed by atoms with E-state index in [0.717, 1.165) is 16.9 Å². The monoisotopic (exact) mass is 286 g/mol. The minimum atomic E-state index is -0.440.